The first-order chi connectivity index (χ1) is 6.91. The molecular weight excluding hydrogens is 274 g/mol. The van der Waals surface area contributed by atoms with Crippen LogP contribution < -0.4 is 5.73 Å². The first kappa shape index (κ1) is 11.8. The van der Waals surface area contributed by atoms with Gasteiger partial charge in [0.25, 0.3) is 6.43 Å². The lowest BCUT2D eigenvalue weighted by Gasteiger charge is -2.07. The molecule has 4 nitrogen and oxygen atoms in total. The minimum atomic E-state index is -2.77. The summed E-state index contributed by atoms with van der Waals surface area (Å²) in [5.41, 5.74) is 4.98. The highest BCUT2D eigenvalue weighted by atomic mass is 79.9. The third-order valence-electron chi connectivity index (χ3n) is 1.69. The smallest absolute Gasteiger partial charge is 0.307 e. The highest BCUT2D eigenvalue weighted by Crippen LogP contribution is 2.28. The van der Waals surface area contributed by atoms with E-state index in [9.17, 15) is 13.6 Å². The maximum atomic E-state index is 12.4. The van der Waals surface area contributed by atoms with Gasteiger partial charge < -0.3 is 10.8 Å². The molecule has 0 unspecified atom stereocenters. The number of hydrogen-bond donors (Lipinski definition) is 2. The van der Waals surface area contributed by atoms with Crippen LogP contribution in [-0.2, 0) is 11.2 Å². The van der Waals surface area contributed by atoms with Gasteiger partial charge in [0.1, 0.15) is 10.4 Å². The fourth-order valence-corrected chi connectivity index (χ4v) is 1.47. The van der Waals surface area contributed by atoms with Crippen molar-refractivity contribution in [3.63, 3.8) is 0 Å². The lowest BCUT2D eigenvalue weighted by atomic mass is 10.1. The number of halogens is 3. The number of nitrogens with zero attached hydrogens (tertiary/aromatic N) is 1. The second-order valence-electron chi connectivity index (χ2n) is 2.78. The average Bonchev–Trinajstić information content (AvgIpc) is 2.08. The van der Waals surface area contributed by atoms with Crippen molar-refractivity contribution in [1.29, 1.82) is 0 Å². The molecule has 1 aromatic heterocycles. The van der Waals surface area contributed by atoms with Crippen molar-refractivity contribution in [2.24, 2.45) is 0 Å². The Labute approximate surface area is 92.2 Å². The number of carboxylic acids is 1. The number of hydrogen-bond acceptors (Lipinski definition) is 3. The van der Waals surface area contributed by atoms with Crippen molar-refractivity contribution in [2.75, 3.05) is 5.73 Å². The second kappa shape index (κ2) is 4.52. The Balaban J connectivity index is 3.17. The average molecular weight is 281 g/mol. The molecule has 1 aromatic rings. The molecule has 0 aliphatic rings. The SMILES string of the molecule is Nc1nc(Br)c(CC(=O)O)cc1C(F)F. The molecule has 0 spiro atoms. The minimum absolute atomic E-state index is 0.173. The van der Waals surface area contributed by atoms with Crippen molar-refractivity contribution >= 4 is 27.7 Å². The third-order valence-corrected chi connectivity index (χ3v) is 2.37. The molecule has 1 rings (SSSR count). The molecule has 0 amide bonds. The number of anilines is 1. The summed E-state index contributed by atoms with van der Waals surface area (Å²) in [5.74, 6) is -1.42. The molecule has 7 heteroatoms. The van der Waals surface area contributed by atoms with Crippen molar-refractivity contribution in [3.8, 4) is 0 Å². The van der Waals surface area contributed by atoms with Crippen LogP contribution in [0.25, 0.3) is 0 Å². The summed E-state index contributed by atoms with van der Waals surface area (Å²) in [7, 11) is 0. The number of alkyl halides is 2. The quantitative estimate of drug-likeness (QED) is 0.831. The number of pyridine rings is 1. The van der Waals surface area contributed by atoms with Crippen LogP contribution in [0.1, 0.15) is 17.6 Å². The zero-order chi connectivity index (χ0) is 11.6. The van der Waals surface area contributed by atoms with E-state index in [1.54, 1.807) is 0 Å². The highest BCUT2D eigenvalue weighted by molar-refractivity contribution is 9.10. The van der Waals surface area contributed by atoms with Crippen LogP contribution in [0.15, 0.2) is 10.7 Å². The largest absolute Gasteiger partial charge is 0.481 e. The Kier molecular flexibility index (Phi) is 3.57. The maximum Gasteiger partial charge on any atom is 0.307 e. The molecule has 0 atom stereocenters. The molecule has 0 radical (unpaired) electrons. The fourth-order valence-electron chi connectivity index (χ4n) is 1.02. The summed E-state index contributed by atoms with van der Waals surface area (Å²) in [5, 5.41) is 8.52. The van der Waals surface area contributed by atoms with E-state index in [2.05, 4.69) is 20.9 Å². The van der Waals surface area contributed by atoms with Crippen LogP contribution in [0.3, 0.4) is 0 Å². The molecular formula is C8H7BrF2N2O2. The molecule has 0 fully saturated rings. The van der Waals surface area contributed by atoms with Crippen molar-refractivity contribution in [2.45, 2.75) is 12.8 Å². The summed E-state index contributed by atoms with van der Waals surface area (Å²) in [6, 6.07) is 1.05. The summed E-state index contributed by atoms with van der Waals surface area (Å²) in [6.07, 6.45) is -3.15. The van der Waals surface area contributed by atoms with Crippen molar-refractivity contribution in [1.82, 2.24) is 4.98 Å². The van der Waals surface area contributed by atoms with Gasteiger partial charge in [-0.2, -0.15) is 0 Å². The van der Waals surface area contributed by atoms with E-state index < -0.39 is 18.0 Å². The Hall–Kier alpha value is -1.24. The van der Waals surface area contributed by atoms with Gasteiger partial charge in [-0.3, -0.25) is 4.79 Å². The van der Waals surface area contributed by atoms with E-state index in [0.29, 0.717) is 0 Å². The van der Waals surface area contributed by atoms with Gasteiger partial charge in [-0.15, -0.1) is 0 Å². The number of aliphatic carboxylic acids is 1. The standard InChI is InChI=1S/C8H7BrF2N2O2/c9-6-3(2-5(14)15)1-4(7(10)11)8(12)13-6/h1,7H,2H2,(H2,12,13)(H,14,15). The summed E-state index contributed by atoms with van der Waals surface area (Å²) < 4.78 is 25.0. The highest BCUT2D eigenvalue weighted by Gasteiger charge is 2.16. The first-order valence-corrected chi connectivity index (χ1v) is 4.66. The number of nitrogen functional groups attached to an aromatic ring is 1. The topological polar surface area (TPSA) is 76.2 Å². The Bertz CT molecular complexity index is 398. The van der Waals surface area contributed by atoms with Crippen LogP contribution in [0.2, 0.25) is 0 Å². The number of nitrogens with two attached hydrogens (primary N) is 1. The fraction of sp³-hybridized carbons (Fsp3) is 0.250. The van der Waals surface area contributed by atoms with Gasteiger partial charge in [-0.05, 0) is 27.6 Å². The molecule has 15 heavy (non-hydrogen) atoms. The molecule has 3 N–H and O–H groups in total. The molecule has 0 aromatic carbocycles. The van der Waals surface area contributed by atoms with Crippen LogP contribution >= 0.6 is 15.9 Å². The van der Waals surface area contributed by atoms with Crippen molar-refractivity contribution < 1.29 is 18.7 Å². The second-order valence-corrected chi connectivity index (χ2v) is 3.54. The lowest BCUT2D eigenvalue weighted by molar-refractivity contribution is -0.136. The summed E-state index contributed by atoms with van der Waals surface area (Å²) in [4.78, 5) is 14.0. The number of rotatable bonds is 3. The summed E-state index contributed by atoms with van der Waals surface area (Å²) in [6.45, 7) is 0. The van der Waals surface area contributed by atoms with E-state index in [1.807, 2.05) is 0 Å². The zero-order valence-electron chi connectivity index (χ0n) is 7.38. The number of aromatic nitrogens is 1. The molecule has 0 aliphatic carbocycles. The van der Waals surface area contributed by atoms with Gasteiger partial charge in [0.15, 0.2) is 0 Å². The normalized spacial score (nSPS) is 10.7. The van der Waals surface area contributed by atoms with E-state index in [1.165, 1.54) is 0 Å². The minimum Gasteiger partial charge on any atom is -0.481 e. The zero-order valence-corrected chi connectivity index (χ0v) is 8.96. The molecule has 0 saturated heterocycles. The number of carbonyl (C=O) groups is 1. The Morgan fingerprint density at radius 2 is 2.27 bits per heavy atom. The van der Waals surface area contributed by atoms with Crippen LogP contribution in [0.5, 0.6) is 0 Å². The Morgan fingerprint density at radius 3 is 2.73 bits per heavy atom. The molecule has 1 heterocycles. The van der Waals surface area contributed by atoms with Gasteiger partial charge in [-0.25, -0.2) is 13.8 Å². The number of carboxylic acid groups (broad SMARTS) is 1. The monoisotopic (exact) mass is 280 g/mol. The molecule has 82 valence electrons. The van der Waals surface area contributed by atoms with Gasteiger partial charge in [0.2, 0.25) is 0 Å². The van der Waals surface area contributed by atoms with Crippen LogP contribution in [-0.4, -0.2) is 16.1 Å². The third kappa shape index (κ3) is 2.85. The first-order valence-electron chi connectivity index (χ1n) is 3.86. The van der Waals surface area contributed by atoms with Gasteiger partial charge in [0.05, 0.1) is 12.0 Å². The molecule has 0 bridgehead atoms. The van der Waals surface area contributed by atoms with Gasteiger partial charge >= 0.3 is 5.97 Å². The lowest BCUT2D eigenvalue weighted by Crippen LogP contribution is -2.06. The predicted octanol–water partition coefficient (Wildman–Crippen LogP) is 1.99. The van der Waals surface area contributed by atoms with E-state index in [0.717, 1.165) is 6.07 Å². The Morgan fingerprint density at radius 1 is 1.67 bits per heavy atom. The van der Waals surface area contributed by atoms with E-state index in [4.69, 9.17) is 10.8 Å². The van der Waals surface area contributed by atoms with Crippen LogP contribution in [0, 0.1) is 0 Å². The molecule has 0 saturated carbocycles. The maximum absolute atomic E-state index is 12.4. The summed E-state index contributed by atoms with van der Waals surface area (Å²) >= 11 is 2.96. The van der Waals surface area contributed by atoms with Gasteiger partial charge in [-0.1, -0.05) is 0 Å². The van der Waals surface area contributed by atoms with Crippen LogP contribution in [0.4, 0.5) is 14.6 Å². The van der Waals surface area contributed by atoms with Crippen molar-refractivity contribution in [3.05, 3.63) is 21.8 Å². The van der Waals surface area contributed by atoms with E-state index >= 15 is 0 Å². The van der Waals surface area contributed by atoms with E-state index in [-0.39, 0.29) is 22.4 Å². The van der Waals surface area contributed by atoms with Gasteiger partial charge in [0, 0.05) is 0 Å². The molecule has 0 aliphatic heterocycles. The predicted molar refractivity (Wildman–Crippen MR) is 52.6 cm³/mol.